The molecular formula is C8H9NO4. The predicted molar refractivity (Wildman–Crippen MR) is 42.5 cm³/mol. The lowest BCUT2D eigenvalue weighted by Gasteiger charge is -2.22. The summed E-state index contributed by atoms with van der Waals surface area (Å²) in [6.45, 7) is 4.34. The van der Waals surface area contributed by atoms with Crippen LogP contribution < -0.4 is 0 Å². The number of hydrogen-bond donors (Lipinski definition) is 0. The number of hydrogen-bond acceptors (Lipinski definition) is 4. The minimum atomic E-state index is -0.654. The summed E-state index contributed by atoms with van der Waals surface area (Å²) in [5, 5.41) is 0. The van der Waals surface area contributed by atoms with E-state index in [1.165, 1.54) is 6.92 Å². The maximum absolute atomic E-state index is 11.2. The molecule has 0 N–H and O–H groups in total. The van der Waals surface area contributed by atoms with Gasteiger partial charge in [0, 0.05) is 5.57 Å². The normalized spacial score (nSPS) is 17.5. The SMILES string of the molecule is C=C(C)C(=O)N1C(=O)COCC1=O. The number of ether oxygens (including phenoxy) is 1. The molecule has 3 amide bonds. The molecule has 0 radical (unpaired) electrons. The maximum atomic E-state index is 11.2. The van der Waals surface area contributed by atoms with Crippen LogP contribution in [0.5, 0.6) is 0 Å². The molecule has 1 aliphatic rings. The average molecular weight is 183 g/mol. The summed E-state index contributed by atoms with van der Waals surface area (Å²) >= 11 is 0. The van der Waals surface area contributed by atoms with E-state index in [-0.39, 0.29) is 18.8 Å². The van der Waals surface area contributed by atoms with Gasteiger partial charge in [0.2, 0.25) is 0 Å². The molecule has 0 atom stereocenters. The van der Waals surface area contributed by atoms with Crippen LogP contribution in [0.2, 0.25) is 0 Å². The summed E-state index contributed by atoms with van der Waals surface area (Å²) in [6, 6.07) is 0. The molecule has 1 rings (SSSR count). The highest BCUT2D eigenvalue weighted by molar-refractivity contribution is 6.17. The molecule has 0 unspecified atom stereocenters. The lowest BCUT2D eigenvalue weighted by molar-refractivity contribution is -0.163. The molecule has 5 nitrogen and oxygen atoms in total. The van der Waals surface area contributed by atoms with Crippen LogP contribution in [-0.4, -0.2) is 35.8 Å². The zero-order valence-electron chi connectivity index (χ0n) is 7.20. The van der Waals surface area contributed by atoms with Crippen LogP contribution in [0.25, 0.3) is 0 Å². The molecule has 0 aliphatic carbocycles. The van der Waals surface area contributed by atoms with E-state index in [2.05, 4.69) is 11.3 Å². The second-order valence-electron chi connectivity index (χ2n) is 2.70. The topological polar surface area (TPSA) is 63.7 Å². The van der Waals surface area contributed by atoms with Crippen molar-refractivity contribution < 1.29 is 19.1 Å². The molecule has 0 aromatic rings. The van der Waals surface area contributed by atoms with Gasteiger partial charge in [-0.05, 0) is 6.92 Å². The van der Waals surface area contributed by atoms with Crippen molar-refractivity contribution in [3.63, 3.8) is 0 Å². The van der Waals surface area contributed by atoms with Gasteiger partial charge in [-0.2, -0.15) is 0 Å². The number of imide groups is 3. The van der Waals surface area contributed by atoms with Gasteiger partial charge in [-0.25, -0.2) is 4.90 Å². The Hall–Kier alpha value is -1.49. The van der Waals surface area contributed by atoms with Gasteiger partial charge in [-0.3, -0.25) is 14.4 Å². The van der Waals surface area contributed by atoms with Crippen molar-refractivity contribution in [2.24, 2.45) is 0 Å². The second-order valence-corrected chi connectivity index (χ2v) is 2.70. The highest BCUT2D eigenvalue weighted by Gasteiger charge is 2.32. The van der Waals surface area contributed by atoms with Crippen LogP contribution in [0.15, 0.2) is 12.2 Å². The van der Waals surface area contributed by atoms with Crippen molar-refractivity contribution >= 4 is 17.7 Å². The van der Waals surface area contributed by atoms with Gasteiger partial charge in [0.25, 0.3) is 17.7 Å². The monoisotopic (exact) mass is 183 g/mol. The Kier molecular flexibility index (Phi) is 2.57. The summed E-state index contributed by atoms with van der Waals surface area (Å²) in [6.07, 6.45) is 0. The van der Waals surface area contributed by atoms with E-state index in [1.54, 1.807) is 0 Å². The third-order valence-corrected chi connectivity index (χ3v) is 1.52. The van der Waals surface area contributed by atoms with E-state index >= 15 is 0 Å². The van der Waals surface area contributed by atoms with Gasteiger partial charge in [-0.1, -0.05) is 6.58 Å². The summed E-state index contributed by atoms with van der Waals surface area (Å²) < 4.78 is 4.63. The minimum Gasteiger partial charge on any atom is -0.362 e. The largest absolute Gasteiger partial charge is 0.362 e. The lowest BCUT2D eigenvalue weighted by Crippen LogP contribution is -2.49. The Balaban J connectivity index is 2.86. The Bertz CT molecular complexity index is 279. The summed E-state index contributed by atoms with van der Waals surface area (Å²) in [4.78, 5) is 34.0. The third-order valence-electron chi connectivity index (χ3n) is 1.52. The first-order valence-corrected chi connectivity index (χ1v) is 3.67. The number of rotatable bonds is 1. The molecule has 0 saturated carbocycles. The molecule has 1 saturated heterocycles. The van der Waals surface area contributed by atoms with Crippen molar-refractivity contribution in [1.29, 1.82) is 0 Å². The van der Waals surface area contributed by atoms with E-state index in [4.69, 9.17) is 0 Å². The zero-order valence-corrected chi connectivity index (χ0v) is 7.20. The van der Waals surface area contributed by atoms with Crippen LogP contribution >= 0.6 is 0 Å². The van der Waals surface area contributed by atoms with Crippen LogP contribution in [-0.2, 0) is 19.1 Å². The number of amides is 3. The van der Waals surface area contributed by atoms with Crippen LogP contribution in [0.4, 0.5) is 0 Å². The molecule has 5 heteroatoms. The summed E-state index contributed by atoms with van der Waals surface area (Å²) in [5.41, 5.74) is 0.156. The Morgan fingerprint density at radius 2 is 1.85 bits per heavy atom. The van der Waals surface area contributed by atoms with E-state index in [1.807, 2.05) is 0 Å². The van der Waals surface area contributed by atoms with Gasteiger partial charge in [0.15, 0.2) is 0 Å². The maximum Gasteiger partial charge on any atom is 0.262 e. The predicted octanol–water partition coefficient (Wildman–Crippen LogP) is -0.526. The molecule has 0 spiro atoms. The summed E-state index contributed by atoms with van der Waals surface area (Å²) in [5.74, 6) is -1.92. The minimum absolute atomic E-state index is 0.156. The average Bonchev–Trinajstić information content (AvgIpc) is 2.03. The Morgan fingerprint density at radius 1 is 1.38 bits per heavy atom. The van der Waals surface area contributed by atoms with E-state index in [9.17, 15) is 14.4 Å². The first kappa shape index (κ1) is 9.60. The zero-order chi connectivity index (χ0) is 10.0. The molecule has 1 aliphatic heterocycles. The summed E-state index contributed by atoms with van der Waals surface area (Å²) in [7, 11) is 0. The van der Waals surface area contributed by atoms with Crippen molar-refractivity contribution in [3.8, 4) is 0 Å². The number of morpholine rings is 1. The molecule has 1 heterocycles. The van der Waals surface area contributed by atoms with Gasteiger partial charge in [0.1, 0.15) is 13.2 Å². The molecule has 0 bridgehead atoms. The highest BCUT2D eigenvalue weighted by Crippen LogP contribution is 2.05. The molecule has 0 aromatic carbocycles. The number of carbonyl (C=O) groups excluding carboxylic acids is 3. The standard InChI is InChI=1S/C8H9NO4/c1-5(2)8(12)9-6(10)3-13-4-7(9)11/h1,3-4H2,2H3. The fourth-order valence-electron chi connectivity index (χ4n) is 0.911. The molecule has 1 fully saturated rings. The molecule has 0 aromatic heterocycles. The Labute approximate surface area is 75.0 Å². The van der Waals surface area contributed by atoms with E-state index < -0.39 is 17.7 Å². The van der Waals surface area contributed by atoms with Crippen LogP contribution in [0.1, 0.15) is 6.92 Å². The van der Waals surface area contributed by atoms with Gasteiger partial charge in [0.05, 0.1) is 0 Å². The van der Waals surface area contributed by atoms with Crippen molar-refractivity contribution in [3.05, 3.63) is 12.2 Å². The molecular weight excluding hydrogens is 174 g/mol. The number of carbonyl (C=O) groups is 3. The molecule has 70 valence electrons. The highest BCUT2D eigenvalue weighted by atomic mass is 16.5. The first-order chi connectivity index (χ1) is 6.04. The second kappa shape index (κ2) is 3.49. The van der Waals surface area contributed by atoms with Crippen LogP contribution in [0.3, 0.4) is 0 Å². The number of nitrogens with zero attached hydrogens (tertiary/aromatic N) is 1. The van der Waals surface area contributed by atoms with E-state index in [0.29, 0.717) is 4.90 Å². The van der Waals surface area contributed by atoms with Gasteiger partial charge in [-0.15, -0.1) is 0 Å². The van der Waals surface area contributed by atoms with E-state index in [0.717, 1.165) is 0 Å². The van der Waals surface area contributed by atoms with Crippen molar-refractivity contribution in [1.82, 2.24) is 4.90 Å². The van der Waals surface area contributed by atoms with Gasteiger partial charge >= 0.3 is 0 Å². The molecule has 13 heavy (non-hydrogen) atoms. The fourth-order valence-corrected chi connectivity index (χ4v) is 0.911. The van der Waals surface area contributed by atoms with Crippen LogP contribution in [0, 0.1) is 0 Å². The first-order valence-electron chi connectivity index (χ1n) is 3.67. The lowest BCUT2D eigenvalue weighted by atomic mass is 10.2. The quantitative estimate of drug-likeness (QED) is 0.405. The third kappa shape index (κ3) is 1.81. The Morgan fingerprint density at radius 3 is 2.23 bits per heavy atom. The smallest absolute Gasteiger partial charge is 0.262 e. The van der Waals surface area contributed by atoms with Crippen molar-refractivity contribution in [2.45, 2.75) is 6.92 Å². The van der Waals surface area contributed by atoms with Gasteiger partial charge < -0.3 is 4.74 Å². The van der Waals surface area contributed by atoms with Crippen molar-refractivity contribution in [2.75, 3.05) is 13.2 Å². The fraction of sp³-hybridized carbons (Fsp3) is 0.375.